The normalized spacial score (nSPS) is 14.1. The Kier molecular flexibility index (Phi) is 7.10. The van der Waals surface area contributed by atoms with E-state index in [1.54, 1.807) is 16.7 Å². The first-order valence-electron chi connectivity index (χ1n) is 9.05. The van der Waals surface area contributed by atoms with Crippen LogP contribution < -0.4 is 5.32 Å². The van der Waals surface area contributed by atoms with E-state index in [4.69, 9.17) is 4.74 Å². The number of hydrogen-bond donors (Lipinski definition) is 1. The van der Waals surface area contributed by atoms with E-state index in [0.717, 1.165) is 15.6 Å². The van der Waals surface area contributed by atoms with Crippen molar-refractivity contribution >= 4 is 45.9 Å². The van der Waals surface area contributed by atoms with Crippen molar-refractivity contribution in [3.63, 3.8) is 0 Å². The molecule has 2 heterocycles. The highest BCUT2D eigenvalue weighted by Gasteiger charge is 2.25. The van der Waals surface area contributed by atoms with E-state index in [2.05, 4.69) is 15.5 Å². The monoisotopic (exact) mass is 421 g/mol. The molecular formula is C18H23N5O3S2. The summed E-state index contributed by atoms with van der Waals surface area (Å²) in [5.41, 5.74) is 2.12. The van der Waals surface area contributed by atoms with Gasteiger partial charge in [-0.05, 0) is 25.5 Å². The molecule has 1 saturated heterocycles. The Hall–Kier alpha value is -2.33. The SMILES string of the molecule is CCOC(=O)N1CCN(C(=O)CSc2nnc(Nc3ccccc3C)s2)CC1. The average molecular weight is 422 g/mol. The van der Waals surface area contributed by atoms with E-state index in [9.17, 15) is 9.59 Å². The second-order valence-electron chi connectivity index (χ2n) is 6.17. The van der Waals surface area contributed by atoms with Gasteiger partial charge in [-0.2, -0.15) is 0 Å². The number of nitrogens with one attached hydrogen (secondary N) is 1. The van der Waals surface area contributed by atoms with Gasteiger partial charge in [-0.1, -0.05) is 41.3 Å². The molecule has 1 fully saturated rings. The van der Waals surface area contributed by atoms with Crippen LogP contribution >= 0.6 is 23.1 Å². The number of piperazine rings is 1. The van der Waals surface area contributed by atoms with Gasteiger partial charge in [0.1, 0.15) is 0 Å². The maximum absolute atomic E-state index is 12.4. The third-order valence-electron chi connectivity index (χ3n) is 4.27. The molecule has 0 unspecified atom stereocenters. The molecule has 0 spiro atoms. The van der Waals surface area contributed by atoms with Gasteiger partial charge in [0.2, 0.25) is 11.0 Å². The van der Waals surface area contributed by atoms with Gasteiger partial charge in [0, 0.05) is 31.9 Å². The first-order chi connectivity index (χ1) is 13.6. The Morgan fingerprint density at radius 2 is 1.89 bits per heavy atom. The predicted octanol–water partition coefficient (Wildman–Crippen LogP) is 2.98. The minimum Gasteiger partial charge on any atom is -0.450 e. The first-order valence-corrected chi connectivity index (χ1v) is 10.9. The van der Waals surface area contributed by atoms with Crippen LogP contribution in [0.5, 0.6) is 0 Å². The molecule has 0 aliphatic carbocycles. The second-order valence-corrected chi connectivity index (χ2v) is 8.37. The number of amides is 2. The zero-order valence-corrected chi connectivity index (χ0v) is 17.5. The van der Waals surface area contributed by atoms with Crippen molar-refractivity contribution in [2.75, 3.05) is 43.9 Å². The number of rotatable bonds is 6. The molecule has 3 rings (SSSR count). The van der Waals surface area contributed by atoms with E-state index in [1.165, 1.54) is 23.1 Å². The fourth-order valence-corrected chi connectivity index (χ4v) is 4.38. The highest BCUT2D eigenvalue weighted by molar-refractivity contribution is 8.01. The van der Waals surface area contributed by atoms with Crippen LogP contribution in [0.4, 0.5) is 15.6 Å². The number of benzene rings is 1. The molecule has 0 bridgehead atoms. The molecular weight excluding hydrogens is 398 g/mol. The molecule has 0 saturated carbocycles. The summed E-state index contributed by atoms with van der Waals surface area (Å²) in [7, 11) is 0. The highest BCUT2D eigenvalue weighted by atomic mass is 32.2. The third kappa shape index (κ3) is 5.35. The van der Waals surface area contributed by atoms with Gasteiger partial charge in [-0.15, -0.1) is 10.2 Å². The molecule has 1 aromatic carbocycles. The van der Waals surface area contributed by atoms with Crippen LogP contribution in [0.25, 0.3) is 0 Å². The summed E-state index contributed by atoms with van der Waals surface area (Å²) in [4.78, 5) is 27.6. The van der Waals surface area contributed by atoms with Crippen LogP contribution in [0.3, 0.4) is 0 Å². The van der Waals surface area contributed by atoms with Crippen LogP contribution in [0.15, 0.2) is 28.6 Å². The number of anilines is 2. The Labute approximate surface area is 172 Å². The number of aromatic nitrogens is 2. The minimum absolute atomic E-state index is 0.0390. The Morgan fingerprint density at radius 1 is 1.18 bits per heavy atom. The Morgan fingerprint density at radius 3 is 2.61 bits per heavy atom. The lowest BCUT2D eigenvalue weighted by Gasteiger charge is -2.33. The van der Waals surface area contributed by atoms with Crippen molar-refractivity contribution in [1.82, 2.24) is 20.0 Å². The van der Waals surface area contributed by atoms with Gasteiger partial charge in [0.05, 0.1) is 12.4 Å². The summed E-state index contributed by atoms with van der Waals surface area (Å²) in [5, 5.41) is 12.2. The zero-order chi connectivity index (χ0) is 19.9. The van der Waals surface area contributed by atoms with Crippen LogP contribution in [0.2, 0.25) is 0 Å². The maximum Gasteiger partial charge on any atom is 0.409 e. The fraction of sp³-hybridized carbons (Fsp3) is 0.444. The number of ether oxygens (including phenoxy) is 1. The largest absolute Gasteiger partial charge is 0.450 e. The van der Waals surface area contributed by atoms with Crippen LogP contribution in [0, 0.1) is 6.92 Å². The lowest BCUT2D eigenvalue weighted by Crippen LogP contribution is -2.51. The van der Waals surface area contributed by atoms with E-state index in [0.29, 0.717) is 43.7 Å². The molecule has 0 atom stereocenters. The number of aryl methyl sites for hydroxylation is 1. The molecule has 8 nitrogen and oxygen atoms in total. The van der Waals surface area contributed by atoms with E-state index < -0.39 is 0 Å². The van der Waals surface area contributed by atoms with Gasteiger partial charge in [0.15, 0.2) is 4.34 Å². The van der Waals surface area contributed by atoms with Gasteiger partial charge >= 0.3 is 6.09 Å². The summed E-state index contributed by atoms with van der Waals surface area (Å²) in [5.74, 6) is 0.343. The van der Waals surface area contributed by atoms with Crippen LogP contribution in [-0.2, 0) is 9.53 Å². The molecule has 1 aromatic heterocycles. The van der Waals surface area contributed by atoms with Crippen molar-refractivity contribution < 1.29 is 14.3 Å². The molecule has 28 heavy (non-hydrogen) atoms. The molecule has 2 amide bonds. The van der Waals surface area contributed by atoms with Crippen LogP contribution in [0.1, 0.15) is 12.5 Å². The van der Waals surface area contributed by atoms with Crippen molar-refractivity contribution in [1.29, 1.82) is 0 Å². The topological polar surface area (TPSA) is 87.7 Å². The molecule has 2 aromatic rings. The van der Waals surface area contributed by atoms with Gasteiger partial charge in [-0.3, -0.25) is 4.79 Å². The quantitative estimate of drug-likeness (QED) is 0.718. The molecule has 1 N–H and O–H groups in total. The smallest absolute Gasteiger partial charge is 0.409 e. The first kappa shape index (κ1) is 20.4. The second kappa shape index (κ2) is 9.74. The number of thioether (sulfide) groups is 1. The minimum atomic E-state index is -0.313. The summed E-state index contributed by atoms with van der Waals surface area (Å²) in [6, 6.07) is 7.97. The summed E-state index contributed by atoms with van der Waals surface area (Å²) < 4.78 is 5.74. The number of nitrogens with zero attached hydrogens (tertiary/aromatic N) is 4. The summed E-state index contributed by atoms with van der Waals surface area (Å²) in [6.45, 7) is 6.21. The van der Waals surface area contributed by atoms with Crippen LogP contribution in [-0.4, -0.2) is 70.5 Å². The lowest BCUT2D eigenvalue weighted by molar-refractivity contribution is -0.129. The number of para-hydroxylation sites is 1. The molecule has 10 heteroatoms. The molecule has 150 valence electrons. The summed E-state index contributed by atoms with van der Waals surface area (Å²) >= 11 is 2.81. The van der Waals surface area contributed by atoms with Gasteiger partial charge < -0.3 is 19.9 Å². The maximum atomic E-state index is 12.4. The Bertz CT molecular complexity index is 821. The van der Waals surface area contributed by atoms with Crippen molar-refractivity contribution in [2.24, 2.45) is 0 Å². The predicted molar refractivity (Wildman–Crippen MR) is 110 cm³/mol. The lowest BCUT2D eigenvalue weighted by atomic mass is 10.2. The van der Waals surface area contributed by atoms with E-state index in [1.807, 2.05) is 31.2 Å². The highest BCUT2D eigenvalue weighted by Crippen LogP contribution is 2.28. The number of hydrogen-bond acceptors (Lipinski definition) is 8. The van der Waals surface area contributed by atoms with Crippen molar-refractivity contribution in [2.45, 2.75) is 18.2 Å². The number of carbonyl (C=O) groups is 2. The standard InChI is InChI=1S/C18H23N5O3S2/c1-3-26-18(25)23-10-8-22(9-11-23)15(24)12-27-17-21-20-16(28-17)19-14-7-5-4-6-13(14)2/h4-7H,3,8-12H2,1-2H3,(H,19,20). The zero-order valence-electron chi connectivity index (χ0n) is 15.9. The van der Waals surface area contributed by atoms with E-state index >= 15 is 0 Å². The fourth-order valence-electron chi connectivity index (χ4n) is 2.71. The van der Waals surface area contributed by atoms with Gasteiger partial charge in [-0.25, -0.2) is 4.79 Å². The number of carbonyl (C=O) groups excluding carboxylic acids is 2. The Balaban J connectivity index is 1.45. The van der Waals surface area contributed by atoms with Crippen molar-refractivity contribution in [3.05, 3.63) is 29.8 Å². The molecule has 1 aliphatic heterocycles. The molecule has 0 radical (unpaired) electrons. The average Bonchev–Trinajstić information content (AvgIpc) is 3.15. The van der Waals surface area contributed by atoms with E-state index in [-0.39, 0.29) is 12.0 Å². The summed E-state index contributed by atoms with van der Waals surface area (Å²) in [6.07, 6.45) is -0.313. The van der Waals surface area contributed by atoms with Gasteiger partial charge in [0.25, 0.3) is 0 Å². The third-order valence-corrected chi connectivity index (χ3v) is 6.23. The van der Waals surface area contributed by atoms with Crippen molar-refractivity contribution in [3.8, 4) is 0 Å². The molecule has 1 aliphatic rings.